The number of rotatable bonds is 5. The number of nitrogens with one attached hydrogen (secondary N) is 1. The molecule has 178 valence electrons. The smallest absolute Gasteiger partial charge is 0.417 e. The predicted octanol–water partition coefficient (Wildman–Crippen LogP) is 3.55. The van der Waals surface area contributed by atoms with Gasteiger partial charge in [-0.15, -0.1) is 0 Å². The number of halogens is 5. The van der Waals surface area contributed by atoms with Gasteiger partial charge in [-0.25, -0.2) is 4.39 Å². The second-order valence-corrected chi connectivity index (χ2v) is 7.62. The van der Waals surface area contributed by atoms with Crippen LogP contribution in [0.1, 0.15) is 39.9 Å². The van der Waals surface area contributed by atoms with E-state index < -0.39 is 71.5 Å². The number of amides is 2. The summed E-state index contributed by atoms with van der Waals surface area (Å²) in [4.78, 5) is 28.2. The highest BCUT2D eigenvalue weighted by atomic mass is 19.4. The van der Waals surface area contributed by atoms with Gasteiger partial charge in [0.1, 0.15) is 11.8 Å². The fourth-order valence-electron chi connectivity index (χ4n) is 3.79. The molecule has 2 amide bonds. The zero-order chi connectivity index (χ0) is 27.2. The van der Waals surface area contributed by atoms with Crippen LogP contribution in [0.15, 0.2) is 30.5 Å². The van der Waals surface area contributed by atoms with Crippen molar-refractivity contribution in [3.05, 3.63) is 53.4 Å². The molecule has 1 aromatic carbocycles. The molecule has 1 aromatic heterocycles. The first kappa shape index (κ1) is 20.3. The van der Waals surface area contributed by atoms with Crippen LogP contribution in [-0.2, 0) is 9.53 Å². The van der Waals surface area contributed by atoms with E-state index >= 15 is 0 Å². The van der Waals surface area contributed by atoms with E-state index in [1.165, 1.54) is 6.07 Å². The number of hydrogen-bond acceptors (Lipinski definition) is 5. The molecule has 1 saturated heterocycles. The summed E-state index contributed by atoms with van der Waals surface area (Å²) in [7, 11) is -3.29. The first-order valence-corrected chi connectivity index (χ1v) is 9.44. The Hall–Kier alpha value is -3.28. The van der Waals surface area contributed by atoms with Crippen molar-refractivity contribution in [3.63, 3.8) is 0 Å². The van der Waals surface area contributed by atoms with Crippen molar-refractivity contribution in [2.75, 3.05) is 12.4 Å². The molecule has 2 heterocycles. The Balaban J connectivity index is 2.12. The third-order valence-electron chi connectivity index (χ3n) is 5.75. The highest BCUT2D eigenvalue weighted by Crippen LogP contribution is 2.55. The van der Waals surface area contributed by atoms with Crippen LogP contribution >= 0.6 is 0 Å². The van der Waals surface area contributed by atoms with E-state index in [0.29, 0.717) is 13.0 Å². The van der Waals surface area contributed by atoms with E-state index in [2.05, 4.69) is 15.0 Å². The summed E-state index contributed by atoms with van der Waals surface area (Å²) in [5.74, 6) is -9.76. The number of primary amides is 1. The van der Waals surface area contributed by atoms with Crippen LogP contribution in [-0.4, -0.2) is 41.7 Å². The minimum atomic E-state index is -5.01. The van der Waals surface area contributed by atoms with Crippen molar-refractivity contribution in [2.45, 2.75) is 37.6 Å². The summed E-state index contributed by atoms with van der Waals surface area (Å²) in [5.41, 5.74) is 1.36. The van der Waals surface area contributed by atoms with Gasteiger partial charge in [0, 0.05) is 29.3 Å². The number of carbonyl (C=O) groups is 2. The van der Waals surface area contributed by atoms with Crippen molar-refractivity contribution < 1.29 is 45.1 Å². The van der Waals surface area contributed by atoms with Gasteiger partial charge >= 0.3 is 6.18 Å². The second-order valence-electron chi connectivity index (χ2n) is 7.62. The molecule has 0 bridgehead atoms. The molecule has 0 spiro atoms. The van der Waals surface area contributed by atoms with Gasteiger partial charge in [0.25, 0.3) is 11.8 Å². The topological polar surface area (TPSA) is 104 Å². The van der Waals surface area contributed by atoms with Crippen LogP contribution in [0.5, 0.6) is 5.75 Å². The Bertz CT molecular complexity index is 1190. The second kappa shape index (κ2) is 8.58. The fourth-order valence-corrected chi connectivity index (χ4v) is 3.79. The lowest BCUT2D eigenvalue weighted by Gasteiger charge is -2.32. The summed E-state index contributed by atoms with van der Waals surface area (Å²) in [6.45, 7) is 1.75. The molecule has 0 radical (unpaired) electrons. The van der Waals surface area contributed by atoms with Crippen molar-refractivity contribution in [2.24, 2.45) is 11.7 Å². The average molecular weight is 476 g/mol. The molecular formula is C21H20F5N3O4. The molecule has 2 aromatic rings. The lowest BCUT2D eigenvalue weighted by Crippen LogP contribution is -2.47. The number of methoxy groups -OCH3 is 1. The summed E-state index contributed by atoms with van der Waals surface area (Å²) in [6.07, 6.45) is -5.87. The fraction of sp³-hybridized carbons (Fsp3) is 0.381. The lowest BCUT2D eigenvalue weighted by molar-refractivity contribution is -0.272. The molecule has 3 N–H and O–H groups in total. The Labute approximate surface area is 189 Å². The van der Waals surface area contributed by atoms with Crippen LogP contribution < -0.4 is 15.8 Å². The third kappa shape index (κ3) is 4.22. The van der Waals surface area contributed by atoms with Crippen molar-refractivity contribution in [3.8, 4) is 5.75 Å². The zero-order valence-corrected chi connectivity index (χ0v) is 17.2. The number of nitrogens with zero attached hydrogens (tertiary/aromatic N) is 1. The monoisotopic (exact) mass is 476 g/mol. The molecule has 0 aliphatic carbocycles. The predicted molar refractivity (Wildman–Crippen MR) is 106 cm³/mol. The Kier molecular flexibility index (Phi) is 5.29. The highest BCUT2D eigenvalue weighted by molar-refractivity contribution is 5.97. The van der Waals surface area contributed by atoms with Crippen LogP contribution in [0.4, 0.5) is 27.6 Å². The maximum absolute atomic E-state index is 14.6. The number of nitrogens with two attached hydrogens (primary N) is 1. The largest absolute Gasteiger partial charge is 0.493 e. The summed E-state index contributed by atoms with van der Waals surface area (Å²) < 4.78 is 102. The Morgan fingerprint density at radius 1 is 1.30 bits per heavy atom. The van der Waals surface area contributed by atoms with Crippen molar-refractivity contribution in [1.82, 2.24) is 4.98 Å². The van der Waals surface area contributed by atoms with Crippen molar-refractivity contribution in [1.29, 1.82) is 0 Å². The number of ether oxygens (including phenoxy) is 2. The normalized spacial score (nSPS) is 26.8. The first-order chi connectivity index (χ1) is 16.5. The molecule has 4 atom stereocenters. The Morgan fingerprint density at radius 3 is 2.61 bits per heavy atom. The van der Waals surface area contributed by atoms with Gasteiger partial charge < -0.3 is 20.5 Å². The van der Waals surface area contributed by atoms with Gasteiger partial charge in [0.15, 0.2) is 17.2 Å². The molecule has 0 unspecified atom stereocenters. The Morgan fingerprint density at radius 2 is 2.00 bits per heavy atom. The van der Waals surface area contributed by atoms with E-state index in [9.17, 15) is 31.5 Å². The number of anilines is 1. The van der Waals surface area contributed by atoms with Gasteiger partial charge in [-0.2, -0.15) is 17.6 Å². The van der Waals surface area contributed by atoms with Crippen LogP contribution in [0, 0.1) is 17.6 Å². The molecule has 3 rings (SSSR count). The maximum atomic E-state index is 14.6. The number of carbonyl (C=O) groups excluding carboxylic acids is 2. The average Bonchev–Trinajstić information content (AvgIpc) is 3.03. The number of hydrogen-bond donors (Lipinski definition) is 2. The van der Waals surface area contributed by atoms with Gasteiger partial charge in [-0.05, 0) is 25.1 Å². The van der Waals surface area contributed by atoms with E-state index in [0.717, 1.165) is 25.3 Å². The molecule has 1 fully saturated rings. The summed E-state index contributed by atoms with van der Waals surface area (Å²) >= 11 is 0. The van der Waals surface area contributed by atoms with E-state index in [4.69, 9.17) is 14.6 Å². The standard InChI is InChI=1S/C21H20F5N3O4/c1-9-14(11-4-5-12(22)15(23)16(11)32-3)17(33-20(9,2)21(24,25)26)19(31)29-10-6-7-28-13(8-10)18(27)30/h4-9,14,17H,1-3H3,(H2,27,30)(H,28,29,31)/t9-,14+,17+,20-/m0/s1/i3D3. The molecule has 33 heavy (non-hydrogen) atoms. The minimum Gasteiger partial charge on any atom is -0.493 e. The highest BCUT2D eigenvalue weighted by Gasteiger charge is 2.65. The molecule has 1 aliphatic rings. The SMILES string of the molecule is [2H]C([2H])([2H])Oc1c([C@@H]2[C@H](C(=O)Nc3ccnc(C(N)=O)c3)O[C@](C)(C(F)(F)F)[C@H]2C)ccc(F)c1F. The van der Waals surface area contributed by atoms with Crippen LogP contribution in [0.25, 0.3) is 0 Å². The van der Waals surface area contributed by atoms with Gasteiger partial charge in [-0.1, -0.05) is 13.0 Å². The number of aromatic nitrogens is 1. The number of benzene rings is 1. The zero-order valence-electron chi connectivity index (χ0n) is 20.2. The number of pyridine rings is 1. The van der Waals surface area contributed by atoms with Gasteiger partial charge in [-0.3, -0.25) is 14.6 Å². The minimum absolute atomic E-state index is 0.0660. The van der Waals surface area contributed by atoms with Crippen molar-refractivity contribution >= 4 is 17.5 Å². The first-order valence-electron chi connectivity index (χ1n) is 10.9. The number of alkyl halides is 3. The lowest BCUT2D eigenvalue weighted by atomic mass is 9.77. The quantitative estimate of drug-likeness (QED) is 0.643. The molecule has 12 heteroatoms. The molecule has 1 aliphatic heterocycles. The van der Waals surface area contributed by atoms with Crippen LogP contribution in [0.2, 0.25) is 0 Å². The van der Waals surface area contributed by atoms with E-state index in [1.807, 2.05) is 0 Å². The van der Waals surface area contributed by atoms with Crippen LogP contribution in [0.3, 0.4) is 0 Å². The molecular weight excluding hydrogens is 453 g/mol. The van der Waals surface area contributed by atoms with E-state index in [1.54, 1.807) is 0 Å². The summed E-state index contributed by atoms with van der Waals surface area (Å²) in [5, 5.41) is 2.28. The van der Waals surface area contributed by atoms with Gasteiger partial charge in [0.05, 0.1) is 11.2 Å². The molecule has 7 nitrogen and oxygen atoms in total. The summed E-state index contributed by atoms with van der Waals surface area (Å²) in [6, 6.07) is 3.70. The third-order valence-corrected chi connectivity index (χ3v) is 5.75. The van der Waals surface area contributed by atoms with E-state index in [-0.39, 0.29) is 11.4 Å². The molecule has 0 saturated carbocycles. The maximum Gasteiger partial charge on any atom is 0.417 e. The van der Waals surface area contributed by atoms with Gasteiger partial charge in [0.2, 0.25) is 5.82 Å².